The first-order valence-electron chi connectivity index (χ1n) is 9.67. The summed E-state index contributed by atoms with van der Waals surface area (Å²) >= 11 is 0. The van der Waals surface area contributed by atoms with Crippen LogP contribution in [0.25, 0.3) is 0 Å². The Balaban J connectivity index is 1.91. The molecule has 1 heterocycles. The van der Waals surface area contributed by atoms with Crippen LogP contribution in [0.4, 0.5) is 11.4 Å². The summed E-state index contributed by atoms with van der Waals surface area (Å²) in [6.45, 7) is 10.2. The number of pyridine rings is 1. The molecule has 0 aliphatic heterocycles. The highest BCUT2D eigenvalue weighted by Gasteiger charge is 2.07. The first kappa shape index (κ1) is 20.5. The van der Waals surface area contributed by atoms with Crippen LogP contribution >= 0.6 is 0 Å². The van der Waals surface area contributed by atoms with E-state index in [4.69, 9.17) is 19.7 Å². The summed E-state index contributed by atoms with van der Waals surface area (Å²) in [5.41, 5.74) is 8.78. The Morgan fingerprint density at radius 3 is 1.83 bits per heavy atom. The van der Waals surface area contributed by atoms with Gasteiger partial charge in [-0.25, -0.2) is 4.98 Å². The Morgan fingerprint density at radius 1 is 0.759 bits per heavy atom. The molecule has 4 nitrogen and oxygen atoms in total. The third-order valence-electron chi connectivity index (χ3n) is 4.82. The molecule has 0 fully saturated rings. The molecule has 0 saturated heterocycles. The number of hydrogen-bond acceptors (Lipinski definition) is 4. The van der Waals surface area contributed by atoms with Gasteiger partial charge in [0.05, 0.1) is 41.3 Å². The van der Waals surface area contributed by atoms with E-state index in [0.717, 1.165) is 51.1 Å². The van der Waals surface area contributed by atoms with Gasteiger partial charge in [0.25, 0.3) is 0 Å². The lowest BCUT2D eigenvalue weighted by Gasteiger charge is -2.08. The van der Waals surface area contributed by atoms with Gasteiger partial charge in [-0.15, -0.1) is 0 Å². The van der Waals surface area contributed by atoms with Crippen molar-refractivity contribution in [3.8, 4) is 5.75 Å². The molecule has 1 aromatic heterocycles. The smallest absolute Gasteiger partial charge is 0.119 e. The van der Waals surface area contributed by atoms with Gasteiger partial charge in [-0.2, -0.15) is 0 Å². The van der Waals surface area contributed by atoms with Gasteiger partial charge in [-0.05, 0) is 82.1 Å². The lowest BCUT2D eigenvalue weighted by molar-refractivity contribution is 0.414. The maximum Gasteiger partial charge on any atom is 0.119 e. The summed E-state index contributed by atoms with van der Waals surface area (Å²) in [4.78, 5) is 14.3. The lowest BCUT2D eigenvalue weighted by Crippen LogP contribution is -2.05. The second-order valence-electron chi connectivity index (χ2n) is 7.24. The second-order valence-corrected chi connectivity index (χ2v) is 7.24. The van der Waals surface area contributed by atoms with E-state index in [1.165, 1.54) is 5.56 Å². The molecular formula is C25H27N3O. The van der Waals surface area contributed by atoms with Gasteiger partial charge in [0, 0.05) is 0 Å². The van der Waals surface area contributed by atoms with Crippen molar-refractivity contribution < 1.29 is 4.74 Å². The van der Waals surface area contributed by atoms with Crippen molar-refractivity contribution in [3.05, 3.63) is 82.7 Å². The summed E-state index contributed by atoms with van der Waals surface area (Å²) in [6, 6.07) is 18.1. The summed E-state index contributed by atoms with van der Waals surface area (Å²) < 4.78 is 5.27. The minimum absolute atomic E-state index is 0.831. The molecule has 0 saturated carbocycles. The highest BCUT2D eigenvalue weighted by atomic mass is 16.5. The van der Waals surface area contributed by atoms with Crippen molar-refractivity contribution in [1.29, 1.82) is 0 Å². The average Bonchev–Trinajstić information content (AvgIpc) is 2.71. The Morgan fingerprint density at radius 2 is 1.31 bits per heavy atom. The molecule has 0 bridgehead atoms. The number of aromatic nitrogens is 1. The highest BCUT2D eigenvalue weighted by molar-refractivity contribution is 6.02. The largest absolute Gasteiger partial charge is 0.497 e. The van der Waals surface area contributed by atoms with Gasteiger partial charge in [0.15, 0.2) is 0 Å². The quantitative estimate of drug-likeness (QED) is 0.484. The van der Waals surface area contributed by atoms with Crippen LogP contribution in [0.5, 0.6) is 5.75 Å². The van der Waals surface area contributed by atoms with Crippen molar-refractivity contribution >= 4 is 22.8 Å². The molecule has 3 aromatic rings. The monoisotopic (exact) mass is 385 g/mol. The third kappa shape index (κ3) is 4.96. The zero-order valence-corrected chi connectivity index (χ0v) is 17.9. The van der Waals surface area contributed by atoms with E-state index in [9.17, 15) is 0 Å². The number of nitrogens with zero attached hydrogens (tertiary/aromatic N) is 3. The predicted molar refractivity (Wildman–Crippen MR) is 122 cm³/mol. The van der Waals surface area contributed by atoms with Crippen LogP contribution in [-0.4, -0.2) is 23.5 Å². The van der Waals surface area contributed by atoms with E-state index in [0.29, 0.717) is 0 Å². The number of hydrogen-bond donors (Lipinski definition) is 0. The number of rotatable bonds is 5. The first-order chi connectivity index (χ1) is 13.9. The van der Waals surface area contributed by atoms with Crippen LogP contribution in [0, 0.1) is 20.8 Å². The van der Waals surface area contributed by atoms with Crippen LogP contribution in [0.2, 0.25) is 0 Å². The van der Waals surface area contributed by atoms with Crippen LogP contribution in [0.15, 0.2) is 64.6 Å². The fraction of sp³-hybridized carbons (Fsp3) is 0.240. The summed E-state index contributed by atoms with van der Waals surface area (Å²) in [6.07, 6.45) is 0. The van der Waals surface area contributed by atoms with Crippen molar-refractivity contribution in [2.75, 3.05) is 7.11 Å². The molecule has 0 spiro atoms. The molecule has 4 heteroatoms. The zero-order chi connectivity index (χ0) is 21.0. The van der Waals surface area contributed by atoms with Gasteiger partial charge in [-0.1, -0.05) is 23.8 Å². The van der Waals surface area contributed by atoms with Crippen molar-refractivity contribution in [2.24, 2.45) is 9.98 Å². The zero-order valence-electron chi connectivity index (χ0n) is 17.9. The standard InChI is InChI=1S/C25H27N3O/c1-16-10-12-22(17(2)14-16)26-19(4)24-8-7-9-25(28-24)20(5)27-23-13-11-21(29-6)15-18(23)3/h7-15H,1-6H3/b26-19+,27-20+. The molecule has 0 aliphatic rings. The van der Waals surface area contributed by atoms with E-state index in [1.54, 1.807) is 7.11 Å². The average molecular weight is 386 g/mol. The third-order valence-corrected chi connectivity index (χ3v) is 4.82. The molecule has 148 valence electrons. The number of aryl methyl sites for hydroxylation is 3. The Labute approximate surface area is 173 Å². The van der Waals surface area contributed by atoms with Gasteiger partial charge >= 0.3 is 0 Å². The lowest BCUT2D eigenvalue weighted by atomic mass is 10.1. The van der Waals surface area contributed by atoms with Gasteiger partial charge in [-0.3, -0.25) is 9.98 Å². The van der Waals surface area contributed by atoms with Crippen LogP contribution < -0.4 is 4.74 Å². The van der Waals surface area contributed by atoms with Crippen LogP contribution in [0.1, 0.15) is 41.9 Å². The number of methoxy groups -OCH3 is 1. The highest BCUT2D eigenvalue weighted by Crippen LogP contribution is 2.24. The maximum atomic E-state index is 5.27. The molecule has 29 heavy (non-hydrogen) atoms. The van der Waals surface area contributed by atoms with Crippen molar-refractivity contribution in [2.45, 2.75) is 34.6 Å². The van der Waals surface area contributed by atoms with E-state index >= 15 is 0 Å². The van der Waals surface area contributed by atoms with E-state index in [2.05, 4.69) is 32.0 Å². The number of benzene rings is 2. The van der Waals surface area contributed by atoms with Crippen molar-refractivity contribution in [3.63, 3.8) is 0 Å². The minimum atomic E-state index is 0.831. The van der Waals surface area contributed by atoms with Crippen LogP contribution in [0.3, 0.4) is 0 Å². The Kier molecular flexibility index (Phi) is 6.23. The van der Waals surface area contributed by atoms with E-state index in [1.807, 2.05) is 57.2 Å². The molecule has 2 aromatic carbocycles. The molecule has 0 N–H and O–H groups in total. The summed E-state index contributed by atoms with van der Waals surface area (Å²) in [5, 5.41) is 0. The number of aliphatic imine (C=N–C) groups is 2. The molecule has 0 aliphatic carbocycles. The summed E-state index contributed by atoms with van der Waals surface area (Å²) in [7, 11) is 1.67. The van der Waals surface area contributed by atoms with Gasteiger partial charge in [0.1, 0.15) is 5.75 Å². The predicted octanol–water partition coefficient (Wildman–Crippen LogP) is 6.30. The normalized spacial score (nSPS) is 12.2. The molecular weight excluding hydrogens is 358 g/mol. The number of ether oxygens (including phenoxy) is 1. The topological polar surface area (TPSA) is 46.8 Å². The molecule has 0 radical (unpaired) electrons. The fourth-order valence-corrected chi connectivity index (χ4v) is 3.12. The van der Waals surface area contributed by atoms with Gasteiger partial charge < -0.3 is 4.74 Å². The van der Waals surface area contributed by atoms with E-state index in [-0.39, 0.29) is 0 Å². The molecule has 3 rings (SSSR count). The van der Waals surface area contributed by atoms with Crippen molar-refractivity contribution in [1.82, 2.24) is 4.98 Å². The second kappa shape index (κ2) is 8.82. The van der Waals surface area contributed by atoms with Crippen LogP contribution in [-0.2, 0) is 0 Å². The fourth-order valence-electron chi connectivity index (χ4n) is 3.12. The minimum Gasteiger partial charge on any atom is -0.497 e. The Hall–Kier alpha value is -3.27. The molecule has 0 unspecified atom stereocenters. The maximum absolute atomic E-state index is 5.27. The molecule has 0 atom stereocenters. The summed E-state index contributed by atoms with van der Waals surface area (Å²) in [5.74, 6) is 0.831. The SMILES string of the molecule is COc1ccc(/N=C(\C)c2cccc(/C(C)=N/c3ccc(C)cc3C)n2)c(C)c1. The van der Waals surface area contributed by atoms with E-state index < -0.39 is 0 Å². The molecule has 0 amide bonds. The van der Waals surface area contributed by atoms with Gasteiger partial charge in [0.2, 0.25) is 0 Å². The first-order valence-corrected chi connectivity index (χ1v) is 9.67. The Bertz CT molecular complexity index is 1100.